The third kappa shape index (κ3) is 2.73. The average Bonchev–Trinajstić information content (AvgIpc) is 2.90. The lowest BCUT2D eigenvalue weighted by molar-refractivity contribution is -0.166. The molecular formula is C19H25N3O2. The predicted octanol–water partition coefficient (Wildman–Crippen LogP) is 3.61. The minimum atomic E-state index is -0.427. The summed E-state index contributed by atoms with van der Waals surface area (Å²) in [6.45, 7) is 9.33. The third-order valence-corrected chi connectivity index (χ3v) is 4.88. The molecule has 2 heterocycles. The Kier molecular flexibility index (Phi) is 4.45. The molecule has 0 bridgehead atoms. The number of para-hydroxylation sites is 1. The van der Waals surface area contributed by atoms with Crippen LogP contribution in [0.1, 0.15) is 39.3 Å². The molecule has 24 heavy (non-hydrogen) atoms. The lowest BCUT2D eigenvalue weighted by atomic mass is 9.74. The normalized spacial score (nSPS) is 16.2. The number of nitrogens with zero attached hydrogens (tertiary/aromatic N) is 2. The van der Waals surface area contributed by atoms with Crippen molar-refractivity contribution in [1.82, 2.24) is 9.78 Å². The van der Waals surface area contributed by atoms with Crippen LogP contribution in [0, 0.1) is 11.3 Å². The van der Waals surface area contributed by atoms with E-state index in [1.807, 2.05) is 35.0 Å². The van der Waals surface area contributed by atoms with Crippen LogP contribution in [-0.4, -0.2) is 28.9 Å². The van der Waals surface area contributed by atoms with Gasteiger partial charge in [0.25, 0.3) is 0 Å². The van der Waals surface area contributed by atoms with E-state index in [4.69, 9.17) is 4.74 Å². The molecule has 2 aromatic rings. The van der Waals surface area contributed by atoms with Gasteiger partial charge in [0.2, 0.25) is 5.91 Å². The first-order chi connectivity index (χ1) is 11.5. The van der Waals surface area contributed by atoms with Gasteiger partial charge in [-0.1, -0.05) is 45.9 Å². The smallest absolute Gasteiger partial charge is 0.235 e. The Balaban J connectivity index is 1.92. The van der Waals surface area contributed by atoms with Crippen molar-refractivity contribution >= 4 is 11.6 Å². The summed E-state index contributed by atoms with van der Waals surface area (Å²) in [5, 5.41) is 7.61. The van der Waals surface area contributed by atoms with Crippen LogP contribution < -0.4 is 5.32 Å². The highest BCUT2D eigenvalue weighted by Crippen LogP contribution is 2.38. The van der Waals surface area contributed by atoms with Gasteiger partial charge in [-0.2, -0.15) is 5.10 Å². The fourth-order valence-electron chi connectivity index (χ4n) is 3.08. The minimum Gasteiger partial charge on any atom is -0.379 e. The first-order valence-electron chi connectivity index (χ1n) is 8.48. The molecule has 0 radical (unpaired) electrons. The second-order valence-corrected chi connectivity index (χ2v) is 7.10. The molecule has 128 valence electrons. The SMILES string of the molecule is CC(C)c1c(NC(=O)C2(C(C)C)COC2)cnn1-c1ccccc1. The fourth-order valence-corrected chi connectivity index (χ4v) is 3.08. The van der Waals surface area contributed by atoms with Gasteiger partial charge in [-0.3, -0.25) is 4.79 Å². The quantitative estimate of drug-likeness (QED) is 0.913. The van der Waals surface area contributed by atoms with Crippen molar-refractivity contribution in [3.8, 4) is 5.69 Å². The molecule has 0 spiro atoms. The van der Waals surface area contributed by atoms with Crippen LogP contribution in [0.5, 0.6) is 0 Å². The molecule has 1 amide bonds. The summed E-state index contributed by atoms with van der Waals surface area (Å²) in [5.74, 6) is 0.492. The molecule has 0 atom stereocenters. The summed E-state index contributed by atoms with van der Waals surface area (Å²) in [6.07, 6.45) is 1.74. The zero-order valence-electron chi connectivity index (χ0n) is 14.7. The molecule has 1 saturated heterocycles. The molecule has 3 rings (SSSR count). The standard InChI is InChI=1S/C19H25N3O2/c1-13(2)17-16(10-20-22(17)15-8-6-5-7-9-15)21-18(23)19(14(3)4)11-24-12-19/h5-10,13-14H,11-12H2,1-4H3,(H,21,23). The Hall–Kier alpha value is -2.14. The molecule has 1 aliphatic heterocycles. The van der Waals surface area contributed by atoms with Gasteiger partial charge in [0.15, 0.2) is 0 Å². The van der Waals surface area contributed by atoms with Gasteiger partial charge in [-0.25, -0.2) is 4.68 Å². The van der Waals surface area contributed by atoms with Crippen LogP contribution in [0.2, 0.25) is 0 Å². The molecule has 0 aliphatic carbocycles. The maximum atomic E-state index is 12.9. The monoisotopic (exact) mass is 327 g/mol. The molecule has 1 aromatic heterocycles. The van der Waals surface area contributed by atoms with Gasteiger partial charge >= 0.3 is 0 Å². The maximum absolute atomic E-state index is 12.9. The van der Waals surface area contributed by atoms with Gasteiger partial charge in [0.05, 0.1) is 41.9 Å². The molecule has 1 aliphatic rings. The molecule has 0 unspecified atom stereocenters. The van der Waals surface area contributed by atoms with Gasteiger partial charge in [-0.15, -0.1) is 0 Å². The lowest BCUT2D eigenvalue weighted by Gasteiger charge is -2.43. The van der Waals surface area contributed by atoms with E-state index in [9.17, 15) is 4.79 Å². The Labute approximate surface area is 143 Å². The third-order valence-electron chi connectivity index (χ3n) is 4.88. The van der Waals surface area contributed by atoms with Crippen molar-refractivity contribution in [2.45, 2.75) is 33.6 Å². The number of nitrogens with one attached hydrogen (secondary N) is 1. The van der Waals surface area contributed by atoms with Gasteiger partial charge in [-0.05, 0) is 24.0 Å². The first-order valence-corrected chi connectivity index (χ1v) is 8.48. The Morgan fingerprint density at radius 1 is 1.21 bits per heavy atom. The number of rotatable bonds is 5. The summed E-state index contributed by atoms with van der Waals surface area (Å²) in [6, 6.07) is 9.98. The van der Waals surface area contributed by atoms with Crippen LogP contribution in [0.4, 0.5) is 5.69 Å². The van der Waals surface area contributed by atoms with Gasteiger partial charge in [0, 0.05) is 0 Å². The number of carbonyl (C=O) groups excluding carboxylic acids is 1. The summed E-state index contributed by atoms with van der Waals surface area (Å²) < 4.78 is 7.23. The number of benzene rings is 1. The number of carbonyl (C=O) groups is 1. The molecule has 5 heteroatoms. The van der Waals surface area contributed by atoms with Crippen LogP contribution in [0.25, 0.3) is 5.69 Å². The largest absolute Gasteiger partial charge is 0.379 e. The van der Waals surface area contributed by atoms with Crippen LogP contribution in [-0.2, 0) is 9.53 Å². The van der Waals surface area contributed by atoms with E-state index in [2.05, 4.69) is 38.1 Å². The maximum Gasteiger partial charge on any atom is 0.235 e. The molecular weight excluding hydrogens is 302 g/mol. The number of ether oxygens (including phenoxy) is 1. The second-order valence-electron chi connectivity index (χ2n) is 7.10. The highest BCUT2D eigenvalue weighted by molar-refractivity contribution is 5.96. The van der Waals surface area contributed by atoms with Gasteiger partial charge < -0.3 is 10.1 Å². The van der Waals surface area contributed by atoms with Crippen LogP contribution >= 0.6 is 0 Å². The first kappa shape index (κ1) is 16.7. The van der Waals surface area contributed by atoms with Crippen molar-refractivity contribution in [2.24, 2.45) is 11.3 Å². The van der Waals surface area contributed by atoms with Crippen LogP contribution in [0.3, 0.4) is 0 Å². The van der Waals surface area contributed by atoms with Gasteiger partial charge in [0.1, 0.15) is 0 Å². The molecule has 5 nitrogen and oxygen atoms in total. The topological polar surface area (TPSA) is 56.1 Å². The van der Waals surface area contributed by atoms with Crippen molar-refractivity contribution in [1.29, 1.82) is 0 Å². The minimum absolute atomic E-state index is 0.0262. The Morgan fingerprint density at radius 3 is 2.38 bits per heavy atom. The fraction of sp³-hybridized carbons (Fsp3) is 0.474. The number of anilines is 1. The van der Waals surface area contributed by atoms with E-state index in [0.29, 0.717) is 13.2 Å². The number of hydrogen-bond acceptors (Lipinski definition) is 3. The van der Waals surface area contributed by atoms with E-state index in [1.54, 1.807) is 6.20 Å². The van der Waals surface area contributed by atoms with Crippen LogP contribution in [0.15, 0.2) is 36.5 Å². The molecule has 1 aromatic carbocycles. The Morgan fingerprint density at radius 2 is 1.88 bits per heavy atom. The van der Waals surface area contributed by atoms with E-state index < -0.39 is 5.41 Å². The highest BCUT2D eigenvalue weighted by atomic mass is 16.5. The van der Waals surface area contributed by atoms with E-state index >= 15 is 0 Å². The number of aromatic nitrogens is 2. The Bertz CT molecular complexity index is 715. The molecule has 1 fully saturated rings. The van der Waals surface area contributed by atoms with Crippen molar-refractivity contribution in [3.05, 3.63) is 42.2 Å². The van der Waals surface area contributed by atoms with Crippen molar-refractivity contribution in [2.75, 3.05) is 18.5 Å². The van der Waals surface area contributed by atoms with Crippen molar-refractivity contribution < 1.29 is 9.53 Å². The highest BCUT2D eigenvalue weighted by Gasteiger charge is 2.48. The summed E-state index contributed by atoms with van der Waals surface area (Å²) in [7, 11) is 0. The summed E-state index contributed by atoms with van der Waals surface area (Å²) in [5.41, 5.74) is 2.36. The lowest BCUT2D eigenvalue weighted by Crippen LogP contribution is -2.55. The zero-order valence-corrected chi connectivity index (χ0v) is 14.7. The zero-order chi connectivity index (χ0) is 17.3. The van der Waals surface area contributed by atoms with E-state index in [-0.39, 0.29) is 17.7 Å². The number of hydrogen-bond donors (Lipinski definition) is 1. The summed E-state index contributed by atoms with van der Waals surface area (Å²) >= 11 is 0. The molecule has 1 N–H and O–H groups in total. The summed E-state index contributed by atoms with van der Waals surface area (Å²) in [4.78, 5) is 12.9. The van der Waals surface area contributed by atoms with Crippen molar-refractivity contribution in [3.63, 3.8) is 0 Å². The van der Waals surface area contributed by atoms with E-state index in [0.717, 1.165) is 17.1 Å². The van der Waals surface area contributed by atoms with E-state index in [1.165, 1.54) is 0 Å². The second kappa shape index (κ2) is 6.40. The predicted molar refractivity (Wildman–Crippen MR) is 94.4 cm³/mol. The average molecular weight is 327 g/mol. The number of amides is 1. The molecule has 0 saturated carbocycles.